The van der Waals surface area contributed by atoms with Crippen molar-refractivity contribution in [2.24, 2.45) is 5.10 Å². The molecule has 5 aromatic carbocycles. The van der Waals surface area contributed by atoms with E-state index in [0.29, 0.717) is 23.3 Å². The van der Waals surface area contributed by atoms with Crippen molar-refractivity contribution in [1.82, 2.24) is 0 Å². The van der Waals surface area contributed by atoms with Crippen LogP contribution < -0.4 is 9.75 Å². The highest BCUT2D eigenvalue weighted by Crippen LogP contribution is 2.37. The number of ether oxygens (including phenoxy) is 1. The lowest BCUT2D eigenvalue weighted by molar-refractivity contribution is 0.0990. The molecule has 7 rings (SSSR count). The molecule has 9 heteroatoms. The molecular formula is C39H30N2O6S. The summed E-state index contributed by atoms with van der Waals surface area (Å²) in [5.41, 5.74) is 6.48. The number of fused-ring (bicyclic) bond motifs is 1. The van der Waals surface area contributed by atoms with Crippen LogP contribution in [-0.2, 0) is 14.3 Å². The summed E-state index contributed by atoms with van der Waals surface area (Å²) in [6.07, 6.45) is 2.30. The monoisotopic (exact) mass is 654 g/mol. The van der Waals surface area contributed by atoms with E-state index in [2.05, 4.69) is 12.1 Å². The van der Waals surface area contributed by atoms with Crippen LogP contribution in [0.1, 0.15) is 55.4 Å². The molecule has 0 aromatic heterocycles. The van der Waals surface area contributed by atoms with Crippen molar-refractivity contribution in [3.8, 4) is 5.75 Å². The van der Waals surface area contributed by atoms with Crippen LogP contribution in [0.4, 0.5) is 5.69 Å². The number of anilines is 1. The van der Waals surface area contributed by atoms with Gasteiger partial charge in [0.05, 0.1) is 27.9 Å². The third-order valence-electron chi connectivity index (χ3n) is 8.39. The number of aryl methyl sites for hydroxylation is 1. The Balaban J connectivity index is 1.08. The lowest BCUT2D eigenvalue weighted by Crippen LogP contribution is -2.18. The predicted molar refractivity (Wildman–Crippen MR) is 184 cm³/mol. The van der Waals surface area contributed by atoms with Gasteiger partial charge in [-0.1, -0.05) is 84.4 Å². The maximum Gasteiger partial charge on any atom is 0.300 e. The highest BCUT2D eigenvalue weighted by atomic mass is 32.2. The summed E-state index contributed by atoms with van der Waals surface area (Å²) >= 11 is 0. The molecule has 2 aliphatic rings. The highest BCUT2D eigenvalue weighted by Gasteiger charge is 2.33. The number of hydrogen-bond donors (Lipinski definition) is 0. The average Bonchev–Trinajstić information content (AvgIpc) is 3.66. The first-order valence-electron chi connectivity index (χ1n) is 15.4. The van der Waals surface area contributed by atoms with Crippen LogP contribution in [0.5, 0.6) is 5.75 Å². The molecule has 0 fully saturated rings. The first-order chi connectivity index (χ1) is 23.3. The van der Waals surface area contributed by atoms with Gasteiger partial charge in [-0.15, -0.1) is 0 Å². The fraction of sp³-hybridized carbons (Fsp3) is 0.103. The molecule has 238 valence electrons. The van der Waals surface area contributed by atoms with Gasteiger partial charge in [-0.25, -0.2) is 4.18 Å². The molecule has 1 aliphatic carbocycles. The Morgan fingerprint density at radius 1 is 0.771 bits per heavy atom. The number of ketones is 2. The van der Waals surface area contributed by atoms with E-state index in [9.17, 15) is 18.0 Å². The lowest BCUT2D eigenvalue weighted by Gasteiger charge is -2.24. The number of nitrogens with zero attached hydrogens (tertiary/aromatic N) is 2. The van der Waals surface area contributed by atoms with Crippen molar-refractivity contribution in [1.29, 1.82) is 0 Å². The van der Waals surface area contributed by atoms with Gasteiger partial charge in [0.1, 0.15) is 5.75 Å². The Morgan fingerprint density at radius 3 is 2.04 bits per heavy atom. The smallest absolute Gasteiger partial charge is 0.300 e. The number of Topliss-reactive ketones (excluding diaryl/α,β-unsaturated/α-hetero) is 2. The van der Waals surface area contributed by atoms with Gasteiger partial charge in [0.25, 0.3) is 10.1 Å². The fourth-order valence-electron chi connectivity index (χ4n) is 5.82. The number of benzene rings is 5. The highest BCUT2D eigenvalue weighted by molar-refractivity contribution is 7.86. The summed E-state index contributed by atoms with van der Waals surface area (Å²) in [6.45, 7) is 1.42. The van der Waals surface area contributed by atoms with Gasteiger partial charge < -0.3 is 4.74 Å². The van der Waals surface area contributed by atoms with Crippen LogP contribution >= 0.6 is 0 Å². The normalized spacial score (nSPS) is 15.8. The molecule has 0 saturated carbocycles. The maximum atomic E-state index is 12.9. The topological polar surface area (TPSA) is 102 Å². The summed E-state index contributed by atoms with van der Waals surface area (Å²) in [6, 6.07) is 38.3. The van der Waals surface area contributed by atoms with Gasteiger partial charge in [-0.3, -0.25) is 14.6 Å². The number of rotatable bonds is 9. The molecule has 0 radical (unpaired) electrons. The molecule has 5 aromatic rings. The van der Waals surface area contributed by atoms with Gasteiger partial charge in [0.15, 0.2) is 11.6 Å². The Labute approximate surface area is 278 Å². The van der Waals surface area contributed by atoms with E-state index in [1.165, 1.54) is 12.1 Å². The van der Waals surface area contributed by atoms with Crippen LogP contribution in [0.2, 0.25) is 0 Å². The zero-order valence-electron chi connectivity index (χ0n) is 25.9. The second-order valence-corrected chi connectivity index (χ2v) is 13.2. The van der Waals surface area contributed by atoms with Crippen LogP contribution in [0.25, 0.3) is 6.08 Å². The minimum Gasteiger partial charge on any atom is -0.466 e. The molecule has 0 N–H and O–H groups in total. The second-order valence-electron chi connectivity index (χ2n) is 11.5. The van der Waals surface area contributed by atoms with Crippen LogP contribution in [-0.4, -0.2) is 32.5 Å². The predicted octanol–water partition coefficient (Wildman–Crippen LogP) is 7.56. The lowest BCUT2D eigenvalue weighted by atomic mass is 9.98. The molecule has 0 spiro atoms. The standard InChI is InChI=1S/C39H30N2O6S/c1-26-11-21-32(22-12-26)48(44,45)47-25-46-31-19-15-28(16-20-31)36-24-37(29-7-3-2-4-8-29)41(40-36)30-17-13-27(14-18-30)23-35-38(42)33-9-5-6-10-34(33)39(35)43/h2-23,37H,24-25H2,1H3/t37-/m0/s1. The van der Waals surface area contributed by atoms with Crippen molar-refractivity contribution in [3.63, 3.8) is 0 Å². The molecule has 48 heavy (non-hydrogen) atoms. The molecule has 1 atom stereocenters. The number of allylic oxidation sites excluding steroid dienone is 1. The van der Waals surface area contributed by atoms with E-state index >= 15 is 0 Å². The Hall–Kier alpha value is -5.64. The zero-order chi connectivity index (χ0) is 33.3. The minimum absolute atomic E-state index is 0.0609. The summed E-state index contributed by atoms with van der Waals surface area (Å²) in [4.78, 5) is 25.8. The SMILES string of the molecule is Cc1ccc(S(=O)(=O)OCOc2ccc(C3=NN(c4ccc(C=C5C(=O)c6ccccc6C5=O)cc4)[C@H](c4ccccc4)C3)cc2)cc1. The van der Waals surface area contributed by atoms with Gasteiger partial charge in [-0.05, 0) is 78.2 Å². The molecule has 0 saturated heterocycles. The Bertz CT molecular complexity index is 2140. The van der Waals surface area contributed by atoms with E-state index in [1.807, 2.05) is 66.5 Å². The average molecular weight is 655 g/mol. The first kappa shape index (κ1) is 31.0. The third-order valence-corrected chi connectivity index (χ3v) is 9.65. The van der Waals surface area contributed by atoms with E-state index in [-0.39, 0.29) is 28.1 Å². The largest absolute Gasteiger partial charge is 0.466 e. The second kappa shape index (κ2) is 12.9. The van der Waals surface area contributed by atoms with E-state index in [0.717, 1.165) is 33.7 Å². The number of carbonyl (C=O) groups excluding carboxylic acids is 2. The van der Waals surface area contributed by atoms with Gasteiger partial charge in [0, 0.05) is 17.5 Å². The van der Waals surface area contributed by atoms with Crippen LogP contribution in [0.15, 0.2) is 143 Å². The summed E-state index contributed by atoms with van der Waals surface area (Å²) in [7, 11) is -3.94. The summed E-state index contributed by atoms with van der Waals surface area (Å²) < 4.78 is 35.6. The van der Waals surface area contributed by atoms with Gasteiger partial charge >= 0.3 is 0 Å². The first-order valence-corrected chi connectivity index (χ1v) is 16.8. The number of carbonyl (C=O) groups is 2. The molecule has 0 unspecified atom stereocenters. The van der Waals surface area contributed by atoms with E-state index < -0.39 is 16.9 Å². The van der Waals surface area contributed by atoms with Crippen molar-refractivity contribution < 1.29 is 26.9 Å². The molecule has 0 amide bonds. The van der Waals surface area contributed by atoms with Gasteiger partial charge in [0.2, 0.25) is 6.79 Å². The molecule has 8 nitrogen and oxygen atoms in total. The molecule has 0 bridgehead atoms. The number of hydrogen-bond acceptors (Lipinski definition) is 8. The number of hydrazone groups is 1. The fourth-order valence-corrected chi connectivity index (χ4v) is 6.60. The Morgan fingerprint density at radius 2 is 1.40 bits per heavy atom. The maximum absolute atomic E-state index is 12.9. The summed E-state index contributed by atoms with van der Waals surface area (Å²) in [5.74, 6) is -0.0531. The third kappa shape index (κ3) is 6.21. The zero-order valence-corrected chi connectivity index (χ0v) is 26.8. The molecule has 1 aliphatic heterocycles. The van der Waals surface area contributed by atoms with Crippen molar-refractivity contribution in [3.05, 3.63) is 166 Å². The van der Waals surface area contributed by atoms with Crippen LogP contribution in [0.3, 0.4) is 0 Å². The molecular weight excluding hydrogens is 625 g/mol. The summed E-state index contributed by atoms with van der Waals surface area (Å²) in [5, 5.41) is 7.00. The Kier molecular flexibility index (Phi) is 8.31. The van der Waals surface area contributed by atoms with E-state index in [4.69, 9.17) is 14.0 Å². The van der Waals surface area contributed by atoms with Crippen molar-refractivity contribution in [2.45, 2.75) is 24.3 Å². The van der Waals surface area contributed by atoms with Crippen molar-refractivity contribution >= 4 is 39.2 Å². The quantitative estimate of drug-likeness (QED) is 0.0700. The van der Waals surface area contributed by atoms with E-state index in [1.54, 1.807) is 54.6 Å². The molecule has 1 heterocycles. The van der Waals surface area contributed by atoms with Gasteiger partial charge in [-0.2, -0.15) is 13.5 Å². The van der Waals surface area contributed by atoms with Crippen LogP contribution in [0, 0.1) is 6.92 Å². The van der Waals surface area contributed by atoms with Crippen molar-refractivity contribution in [2.75, 3.05) is 11.8 Å². The minimum atomic E-state index is -3.94.